The van der Waals surface area contributed by atoms with E-state index in [0.29, 0.717) is 27.8 Å². The zero-order chi connectivity index (χ0) is 23.8. The molecule has 0 saturated carbocycles. The van der Waals surface area contributed by atoms with Gasteiger partial charge in [0, 0.05) is 27.8 Å². The van der Waals surface area contributed by atoms with Crippen LogP contribution in [0.15, 0.2) is 84.9 Å². The minimum atomic E-state index is -0.442. The van der Waals surface area contributed by atoms with Gasteiger partial charge in [0.15, 0.2) is 11.6 Å². The zero-order valence-corrected chi connectivity index (χ0v) is 18.5. The maximum atomic E-state index is 12.4. The fourth-order valence-electron chi connectivity index (χ4n) is 4.41. The Morgan fingerprint density at radius 2 is 1.18 bits per heavy atom. The fourth-order valence-corrected chi connectivity index (χ4v) is 4.41. The molecule has 0 N–H and O–H groups in total. The van der Waals surface area contributed by atoms with Crippen molar-refractivity contribution in [2.24, 2.45) is 0 Å². The van der Waals surface area contributed by atoms with Gasteiger partial charge in [-0.1, -0.05) is 73.7 Å². The first kappa shape index (κ1) is 21.4. The average Bonchev–Trinajstić information content (AvgIpc) is 2.89. The Balaban J connectivity index is 0.000000142. The molecule has 6 rings (SSSR count). The van der Waals surface area contributed by atoms with Crippen LogP contribution >= 0.6 is 0 Å². The molecule has 0 spiro atoms. The molecule has 2 aliphatic carbocycles. The molecule has 0 aromatic heterocycles. The summed E-state index contributed by atoms with van der Waals surface area (Å²) in [7, 11) is 0. The number of aryl methyl sites for hydroxylation is 1. The summed E-state index contributed by atoms with van der Waals surface area (Å²) in [5, 5.41) is 2.09. The van der Waals surface area contributed by atoms with Gasteiger partial charge in [-0.25, -0.2) is 0 Å². The van der Waals surface area contributed by atoms with E-state index in [4.69, 9.17) is 0 Å². The van der Waals surface area contributed by atoms with Gasteiger partial charge >= 0.3 is 0 Å². The summed E-state index contributed by atoms with van der Waals surface area (Å²) in [6.07, 6.45) is 3.93. The highest BCUT2D eigenvalue weighted by Crippen LogP contribution is 2.28. The van der Waals surface area contributed by atoms with Crippen LogP contribution in [0.2, 0.25) is 0 Å². The Morgan fingerprint density at radius 3 is 1.91 bits per heavy atom. The average molecular weight is 444 g/mol. The van der Waals surface area contributed by atoms with Gasteiger partial charge in [0.05, 0.1) is 0 Å². The minimum Gasteiger partial charge on any atom is -0.289 e. The largest absolute Gasteiger partial charge is 0.289 e. The second-order valence-corrected chi connectivity index (χ2v) is 8.21. The van der Waals surface area contributed by atoms with Crippen LogP contribution in [0.25, 0.3) is 16.8 Å². The molecule has 0 unspecified atom stereocenters. The predicted octanol–water partition coefficient (Wildman–Crippen LogP) is 5.64. The maximum absolute atomic E-state index is 12.4. The lowest BCUT2D eigenvalue weighted by Gasteiger charge is -2.17. The Bertz CT molecular complexity index is 1560. The van der Waals surface area contributed by atoms with Crippen molar-refractivity contribution in [3.63, 3.8) is 0 Å². The molecule has 0 bridgehead atoms. The van der Waals surface area contributed by atoms with Crippen molar-refractivity contribution in [2.75, 3.05) is 0 Å². The van der Waals surface area contributed by atoms with E-state index >= 15 is 0 Å². The van der Waals surface area contributed by atoms with Crippen LogP contribution < -0.4 is 0 Å². The lowest BCUT2D eigenvalue weighted by molar-refractivity contribution is -0.110. The summed E-state index contributed by atoms with van der Waals surface area (Å²) in [6, 6.07) is 24.0. The van der Waals surface area contributed by atoms with Crippen LogP contribution in [0.4, 0.5) is 0 Å². The molecule has 4 aromatic rings. The molecule has 0 heterocycles. The van der Waals surface area contributed by atoms with Crippen molar-refractivity contribution in [3.05, 3.63) is 124 Å². The van der Waals surface area contributed by atoms with Crippen molar-refractivity contribution >= 4 is 40.0 Å². The standard InChI is InChI=1S/C16H12O2.C14H8O2/c1-2-10-7-8-13-14(9-10)16(18)12-6-4-3-5-11(12)15(13)17;15-13-8-7-11-10-4-2-1-3-9(10)5-6-12(11)14(13)16/h3-9H,2H2,1H3;1-8H. The lowest BCUT2D eigenvalue weighted by Crippen LogP contribution is -2.20. The first-order chi connectivity index (χ1) is 16.5. The van der Waals surface area contributed by atoms with Gasteiger partial charge in [-0.2, -0.15) is 0 Å². The Kier molecular flexibility index (Phi) is 5.34. The highest BCUT2D eigenvalue weighted by molar-refractivity contribution is 6.50. The number of rotatable bonds is 1. The molecule has 0 atom stereocenters. The van der Waals surface area contributed by atoms with Crippen LogP contribution in [0.3, 0.4) is 0 Å². The van der Waals surface area contributed by atoms with Crippen molar-refractivity contribution in [3.8, 4) is 0 Å². The van der Waals surface area contributed by atoms with E-state index in [1.807, 2.05) is 49.4 Å². The number of hydrogen-bond acceptors (Lipinski definition) is 4. The summed E-state index contributed by atoms with van der Waals surface area (Å²) in [6.45, 7) is 2.03. The summed E-state index contributed by atoms with van der Waals surface area (Å²) in [4.78, 5) is 47.6. The highest BCUT2D eigenvalue weighted by atomic mass is 16.2. The Hall–Kier alpha value is -4.44. The zero-order valence-electron chi connectivity index (χ0n) is 18.5. The van der Waals surface area contributed by atoms with E-state index in [0.717, 1.165) is 28.3 Å². The van der Waals surface area contributed by atoms with Gasteiger partial charge in [0.2, 0.25) is 11.6 Å². The van der Waals surface area contributed by atoms with Crippen molar-refractivity contribution in [1.82, 2.24) is 0 Å². The molecule has 0 fully saturated rings. The summed E-state index contributed by atoms with van der Waals surface area (Å²) < 4.78 is 0. The van der Waals surface area contributed by atoms with Crippen LogP contribution in [0.1, 0.15) is 60.3 Å². The molecule has 0 radical (unpaired) electrons. The van der Waals surface area contributed by atoms with Crippen molar-refractivity contribution in [1.29, 1.82) is 0 Å². The third-order valence-corrected chi connectivity index (χ3v) is 6.24. The van der Waals surface area contributed by atoms with Crippen molar-refractivity contribution < 1.29 is 19.2 Å². The van der Waals surface area contributed by atoms with Crippen LogP contribution in [0, 0.1) is 0 Å². The van der Waals surface area contributed by atoms with Gasteiger partial charge in [-0.3, -0.25) is 19.2 Å². The van der Waals surface area contributed by atoms with Crippen LogP contribution in [-0.4, -0.2) is 23.1 Å². The molecular formula is C30H20O4. The number of fused-ring (bicyclic) bond motifs is 5. The summed E-state index contributed by atoms with van der Waals surface area (Å²) in [5.74, 6) is -0.954. The molecule has 4 aromatic carbocycles. The number of carbonyl (C=O) groups excluding carboxylic acids is 4. The van der Waals surface area contributed by atoms with Gasteiger partial charge in [-0.15, -0.1) is 0 Å². The third kappa shape index (κ3) is 3.50. The predicted molar refractivity (Wildman–Crippen MR) is 131 cm³/mol. The third-order valence-electron chi connectivity index (χ3n) is 6.24. The first-order valence-corrected chi connectivity index (χ1v) is 11.1. The minimum absolute atomic E-state index is 0.0458. The monoisotopic (exact) mass is 444 g/mol. The smallest absolute Gasteiger partial charge is 0.233 e. The molecular weight excluding hydrogens is 424 g/mol. The van der Waals surface area contributed by atoms with Crippen LogP contribution in [-0.2, 0) is 11.2 Å². The normalized spacial score (nSPS) is 13.7. The van der Waals surface area contributed by atoms with E-state index in [-0.39, 0.29) is 11.6 Å². The molecule has 0 amide bonds. The lowest BCUT2D eigenvalue weighted by atomic mass is 9.83. The number of Topliss-reactive ketones (excluding diaryl/α,β-unsaturated/α-hetero) is 1. The quantitative estimate of drug-likeness (QED) is 0.314. The molecule has 4 heteroatoms. The van der Waals surface area contributed by atoms with Crippen molar-refractivity contribution in [2.45, 2.75) is 13.3 Å². The molecule has 2 aliphatic rings. The van der Waals surface area contributed by atoms with E-state index in [2.05, 4.69) is 0 Å². The van der Waals surface area contributed by atoms with E-state index < -0.39 is 11.6 Å². The highest BCUT2D eigenvalue weighted by Gasteiger charge is 2.29. The number of ketones is 4. The maximum Gasteiger partial charge on any atom is 0.233 e. The van der Waals surface area contributed by atoms with E-state index in [9.17, 15) is 19.2 Å². The number of carbonyl (C=O) groups is 4. The van der Waals surface area contributed by atoms with E-state index in [1.165, 1.54) is 6.08 Å². The molecule has 164 valence electrons. The van der Waals surface area contributed by atoms with Gasteiger partial charge in [-0.05, 0) is 52.6 Å². The van der Waals surface area contributed by atoms with E-state index in [1.54, 1.807) is 42.5 Å². The fraction of sp³-hybridized carbons (Fsp3) is 0.0667. The number of benzene rings is 4. The Morgan fingerprint density at radius 1 is 0.559 bits per heavy atom. The topological polar surface area (TPSA) is 68.3 Å². The number of allylic oxidation sites excluding steroid dienone is 1. The molecule has 4 nitrogen and oxygen atoms in total. The van der Waals surface area contributed by atoms with Crippen LogP contribution in [0.5, 0.6) is 0 Å². The Labute approximate surface area is 196 Å². The second kappa shape index (κ2) is 8.49. The van der Waals surface area contributed by atoms with Gasteiger partial charge in [0.1, 0.15) is 0 Å². The summed E-state index contributed by atoms with van der Waals surface area (Å²) >= 11 is 0. The summed E-state index contributed by atoms with van der Waals surface area (Å²) in [5.41, 5.74) is 4.53. The molecule has 34 heavy (non-hydrogen) atoms. The number of hydrogen-bond donors (Lipinski definition) is 0. The van der Waals surface area contributed by atoms with Gasteiger partial charge in [0.25, 0.3) is 0 Å². The SMILES string of the molecule is CCc1ccc2c(c1)C(=O)c1ccccc1C2=O.O=C1C=Cc2c(ccc3ccccc23)C1=O. The van der Waals surface area contributed by atoms with Gasteiger partial charge < -0.3 is 0 Å². The molecule has 0 aliphatic heterocycles. The first-order valence-electron chi connectivity index (χ1n) is 11.1. The molecule has 0 saturated heterocycles. The second-order valence-electron chi connectivity index (χ2n) is 8.21.